The Morgan fingerprint density at radius 3 is 2.42 bits per heavy atom. The molecule has 7 heteroatoms. The Morgan fingerprint density at radius 1 is 1.17 bits per heavy atom. The molecule has 2 rings (SSSR count). The van der Waals surface area contributed by atoms with Gasteiger partial charge < -0.3 is 5.32 Å². The molecule has 0 aliphatic carbocycles. The number of pyridine rings is 1. The first-order valence-corrected chi connectivity index (χ1v) is 8.67. The normalized spacial score (nSPS) is 11.8. The SMILES string of the molecule is Cc1ccnc(NC(=O)/C=C\c2ccc(S(=O)(=O)N(C)C)cc2)c1. The minimum absolute atomic E-state index is 0.207. The topological polar surface area (TPSA) is 79.4 Å². The second kappa shape index (κ2) is 7.37. The molecule has 1 aromatic carbocycles. The highest BCUT2D eigenvalue weighted by molar-refractivity contribution is 7.89. The second-order valence-electron chi connectivity index (χ2n) is 5.40. The molecule has 0 radical (unpaired) electrons. The molecule has 0 atom stereocenters. The number of hydrogen-bond donors (Lipinski definition) is 1. The molecule has 0 spiro atoms. The number of sulfonamides is 1. The summed E-state index contributed by atoms with van der Waals surface area (Å²) in [7, 11) is -0.490. The van der Waals surface area contributed by atoms with E-state index in [0.29, 0.717) is 5.82 Å². The summed E-state index contributed by atoms with van der Waals surface area (Å²) in [4.78, 5) is 16.1. The molecule has 1 aromatic heterocycles. The van der Waals surface area contributed by atoms with Gasteiger partial charge in [-0.3, -0.25) is 4.79 Å². The lowest BCUT2D eigenvalue weighted by molar-refractivity contribution is -0.111. The van der Waals surface area contributed by atoms with Crippen LogP contribution in [0.15, 0.2) is 53.6 Å². The molecular formula is C17H19N3O3S. The summed E-state index contributed by atoms with van der Waals surface area (Å²) in [5.41, 5.74) is 1.72. The number of aromatic nitrogens is 1. The Labute approximate surface area is 141 Å². The fourth-order valence-electron chi connectivity index (χ4n) is 1.91. The van der Waals surface area contributed by atoms with Crippen molar-refractivity contribution in [3.05, 3.63) is 59.8 Å². The van der Waals surface area contributed by atoms with Crippen molar-refractivity contribution in [1.29, 1.82) is 0 Å². The molecule has 1 N–H and O–H groups in total. The van der Waals surface area contributed by atoms with Crippen LogP contribution in [0.25, 0.3) is 6.08 Å². The van der Waals surface area contributed by atoms with Crippen LogP contribution in [-0.2, 0) is 14.8 Å². The van der Waals surface area contributed by atoms with Gasteiger partial charge in [-0.25, -0.2) is 17.7 Å². The number of benzene rings is 1. The molecule has 126 valence electrons. The average Bonchev–Trinajstić information content (AvgIpc) is 2.53. The molecule has 1 heterocycles. The third-order valence-corrected chi connectivity index (χ3v) is 5.08. The molecule has 0 bridgehead atoms. The fraction of sp³-hybridized carbons (Fsp3) is 0.176. The van der Waals surface area contributed by atoms with Gasteiger partial charge in [0.25, 0.3) is 0 Å². The Balaban J connectivity index is 2.05. The number of rotatable bonds is 5. The third-order valence-electron chi connectivity index (χ3n) is 3.25. The minimum atomic E-state index is -3.45. The average molecular weight is 345 g/mol. The van der Waals surface area contributed by atoms with Crippen LogP contribution in [0, 0.1) is 6.92 Å². The van der Waals surface area contributed by atoms with Crippen molar-refractivity contribution in [2.24, 2.45) is 0 Å². The highest BCUT2D eigenvalue weighted by atomic mass is 32.2. The number of carbonyl (C=O) groups excluding carboxylic acids is 1. The summed E-state index contributed by atoms with van der Waals surface area (Å²) < 4.78 is 25.1. The van der Waals surface area contributed by atoms with Gasteiger partial charge in [0.15, 0.2) is 0 Å². The van der Waals surface area contributed by atoms with E-state index in [1.54, 1.807) is 30.5 Å². The van der Waals surface area contributed by atoms with Gasteiger partial charge in [-0.15, -0.1) is 0 Å². The smallest absolute Gasteiger partial charge is 0.249 e. The molecule has 2 aromatic rings. The summed E-state index contributed by atoms with van der Waals surface area (Å²) in [5.74, 6) is 0.176. The van der Waals surface area contributed by atoms with Gasteiger partial charge in [-0.05, 0) is 48.4 Å². The lowest BCUT2D eigenvalue weighted by Crippen LogP contribution is -2.22. The monoisotopic (exact) mass is 345 g/mol. The fourth-order valence-corrected chi connectivity index (χ4v) is 2.81. The second-order valence-corrected chi connectivity index (χ2v) is 7.55. The van der Waals surface area contributed by atoms with Crippen LogP contribution in [0.4, 0.5) is 5.82 Å². The van der Waals surface area contributed by atoms with E-state index in [2.05, 4.69) is 10.3 Å². The molecule has 6 nitrogen and oxygen atoms in total. The van der Waals surface area contributed by atoms with Crippen LogP contribution >= 0.6 is 0 Å². The first kappa shape index (κ1) is 17.8. The van der Waals surface area contributed by atoms with Gasteiger partial charge in [0, 0.05) is 26.4 Å². The number of nitrogens with one attached hydrogen (secondary N) is 1. The molecule has 0 saturated heterocycles. The van der Waals surface area contributed by atoms with Crippen molar-refractivity contribution < 1.29 is 13.2 Å². The van der Waals surface area contributed by atoms with Crippen LogP contribution in [0.5, 0.6) is 0 Å². The van der Waals surface area contributed by atoms with Gasteiger partial charge in [0.1, 0.15) is 5.82 Å². The van der Waals surface area contributed by atoms with E-state index < -0.39 is 10.0 Å². The molecule has 1 amide bonds. The molecule has 0 fully saturated rings. The molecule has 24 heavy (non-hydrogen) atoms. The summed E-state index contributed by atoms with van der Waals surface area (Å²) in [6, 6.07) is 9.92. The highest BCUT2D eigenvalue weighted by Crippen LogP contribution is 2.14. The predicted molar refractivity (Wildman–Crippen MR) is 94.0 cm³/mol. The lowest BCUT2D eigenvalue weighted by atomic mass is 10.2. The van der Waals surface area contributed by atoms with Gasteiger partial charge >= 0.3 is 0 Å². The van der Waals surface area contributed by atoms with Crippen LogP contribution < -0.4 is 5.32 Å². The zero-order valence-corrected chi connectivity index (χ0v) is 14.5. The van der Waals surface area contributed by atoms with Gasteiger partial charge in [-0.1, -0.05) is 12.1 Å². The number of carbonyl (C=O) groups is 1. The quantitative estimate of drug-likeness (QED) is 0.843. The van der Waals surface area contributed by atoms with Crippen molar-refractivity contribution >= 4 is 27.8 Å². The molecule has 0 saturated carbocycles. The van der Waals surface area contributed by atoms with E-state index in [-0.39, 0.29) is 10.8 Å². The number of anilines is 1. The Kier molecular flexibility index (Phi) is 5.48. The van der Waals surface area contributed by atoms with E-state index in [9.17, 15) is 13.2 Å². The number of amides is 1. The van der Waals surface area contributed by atoms with Crippen molar-refractivity contribution in [3.8, 4) is 0 Å². The number of nitrogens with zero attached hydrogens (tertiary/aromatic N) is 2. The molecule has 0 unspecified atom stereocenters. The van der Waals surface area contributed by atoms with Gasteiger partial charge in [0.05, 0.1) is 4.90 Å². The van der Waals surface area contributed by atoms with Crippen molar-refractivity contribution in [2.45, 2.75) is 11.8 Å². The van der Waals surface area contributed by atoms with E-state index in [4.69, 9.17) is 0 Å². The van der Waals surface area contributed by atoms with E-state index >= 15 is 0 Å². The largest absolute Gasteiger partial charge is 0.307 e. The Morgan fingerprint density at radius 2 is 1.83 bits per heavy atom. The number of hydrogen-bond acceptors (Lipinski definition) is 4. The van der Waals surface area contributed by atoms with Gasteiger partial charge in [0.2, 0.25) is 15.9 Å². The maximum atomic E-state index is 12.0. The zero-order chi connectivity index (χ0) is 17.7. The molecule has 0 aliphatic heterocycles. The zero-order valence-electron chi connectivity index (χ0n) is 13.7. The van der Waals surface area contributed by atoms with Gasteiger partial charge in [-0.2, -0.15) is 0 Å². The van der Waals surface area contributed by atoms with Crippen LogP contribution in [-0.4, -0.2) is 37.7 Å². The maximum absolute atomic E-state index is 12.0. The van der Waals surface area contributed by atoms with Crippen LogP contribution in [0.2, 0.25) is 0 Å². The summed E-state index contributed by atoms with van der Waals surface area (Å²) in [6.07, 6.45) is 4.61. The first-order chi connectivity index (χ1) is 11.3. The lowest BCUT2D eigenvalue weighted by Gasteiger charge is -2.11. The first-order valence-electron chi connectivity index (χ1n) is 7.23. The van der Waals surface area contributed by atoms with Crippen molar-refractivity contribution in [1.82, 2.24) is 9.29 Å². The van der Waals surface area contributed by atoms with Crippen molar-refractivity contribution in [3.63, 3.8) is 0 Å². The van der Waals surface area contributed by atoms with E-state index in [1.807, 2.05) is 13.0 Å². The predicted octanol–water partition coefficient (Wildman–Crippen LogP) is 2.29. The molecular weight excluding hydrogens is 326 g/mol. The third kappa shape index (κ3) is 4.50. The summed E-state index contributed by atoms with van der Waals surface area (Å²) in [6.45, 7) is 1.91. The highest BCUT2D eigenvalue weighted by Gasteiger charge is 2.16. The maximum Gasteiger partial charge on any atom is 0.249 e. The van der Waals surface area contributed by atoms with E-state index in [1.165, 1.54) is 32.3 Å². The standard InChI is InChI=1S/C17H19N3O3S/c1-13-10-11-18-16(12-13)19-17(21)9-6-14-4-7-15(8-5-14)24(22,23)20(2)3/h4-12H,1-3H3,(H,18,19,21)/b9-6-. The van der Waals surface area contributed by atoms with Crippen LogP contribution in [0.3, 0.4) is 0 Å². The Bertz CT molecular complexity index is 857. The minimum Gasteiger partial charge on any atom is -0.307 e. The summed E-state index contributed by atoms with van der Waals surface area (Å²) >= 11 is 0. The van der Waals surface area contributed by atoms with Crippen LogP contribution in [0.1, 0.15) is 11.1 Å². The Hall–Kier alpha value is -2.51. The number of aryl methyl sites for hydroxylation is 1. The van der Waals surface area contributed by atoms with Crippen molar-refractivity contribution in [2.75, 3.05) is 19.4 Å². The molecule has 0 aliphatic rings. The summed E-state index contributed by atoms with van der Waals surface area (Å²) in [5, 5.41) is 2.66. The van der Waals surface area contributed by atoms with E-state index in [0.717, 1.165) is 15.4 Å².